The van der Waals surface area contributed by atoms with E-state index >= 15 is 0 Å². The number of hydrogen-bond acceptors (Lipinski definition) is 2. The van der Waals surface area contributed by atoms with Gasteiger partial charge >= 0.3 is 0 Å². The monoisotopic (exact) mass is 300 g/mol. The third-order valence-electron chi connectivity index (χ3n) is 3.82. The highest BCUT2D eigenvalue weighted by Crippen LogP contribution is 2.36. The second-order valence-corrected chi connectivity index (χ2v) is 8.51. The van der Waals surface area contributed by atoms with Crippen LogP contribution in [0, 0.1) is 10.8 Å². The first-order chi connectivity index (χ1) is 9.69. The molecule has 0 saturated carbocycles. The summed E-state index contributed by atoms with van der Waals surface area (Å²) in [6.45, 7) is 16.2. The Labute approximate surface area is 133 Å². The van der Waals surface area contributed by atoms with Gasteiger partial charge in [-0.1, -0.05) is 93.4 Å². The van der Waals surface area contributed by atoms with Crippen LogP contribution in [0.25, 0.3) is 0 Å². The van der Waals surface area contributed by atoms with Crippen molar-refractivity contribution in [3.05, 3.63) is 0 Å². The molecule has 0 saturated heterocycles. The molecule has 0 unspecified atom stereocenters. The minimum Gasteiger partial charge on any atom is -0.236 e. The predicted molar refractivity (Wildman–Crippen MR) is 92.3 cm³/mol. The van der Waals surface area contributed by atoms with Gasteiger partial charge in [-0.2, -0.15) is 0 Å². The van der Waals surface area contributed by atoms with Crippen molar-refractivity contribution in [2.75, 3.05) is 6.61 Å². The van der Waals surface area contributed by atoms with Crippen molar-refractivity contribution in [2.45, 2.75) is 106 Å². The van der Waals surface area contributed by atoms with Gasteiger partial charge in [-0.15, -0.1) is 0 Å². The molecule has 0 aliphatic heterocycles. The highest BCUT2D eigenvalue weighted by molar-refractivity contribution is 4.84. The van der Waals surface area contributed by atoms with Crippen LogP contribution in [0.2, 0.25) is 0 Å². The van der Waals surface area contributed by atoms with E-state index in [2.05, 4.69) is 48.5 Å². The van der Waals surface area contributed by atoms with Crippen molar-refractivity contribution < 1.29 is 9.78 Å². The van der Waals surface area contributed by atoms with E-state index in [1.807, 2.05) is 0 Å². The zero-order valence-corrected chi connectivity index (χ0v) is 15.8. The normalized spacial score (nSPS) is 13.1. The Bertz CT molecular complexity index is 221. The molecule has 0 N–H and O–H groups in total. The van der Waals surface area contributed by atoms with Gasteiger partial charge < -0.3 is 0 Å². The Hall–Kier alpha value is -0.0800. The quantitative estimate of drug-likeness (QED) is 0.245. The Morgan fingerprint density at radius 3 is 1.52 bits per heavy atom. The molecular formula is C19H40O2. The van der Waals surface area contributed by atoms with Crippen LogP contribution in [0.3, 0.4) is 0 Å². The van der Waals surface area contributed by atoms with Crippen molar-refractivity contribution in [2.24, 2.45) is 10.8 Å². The van der Waals surface area contributed by atoms with Crippen LogP contribution in [0.4, 0.5) is 0 Å². The van der Waals surface area contributed by atoms with Crippen LogP contribution in [0.5, 0.6) is 0 Å². The number of hydrogen-bond donors (Lipinski definition) is 0. The SMILES string of the molecule is CCCCCCCCCCOOC(C(C)(C)C)C(C)(C)C. The van der Waals surface area contributed by atoms with Crippen molar-refractivity contribution in [1.82, 2.24) is 0 Å². The molecule has 0 amide bonds. The maximum absolute atomic E-state index is 5.73. The zero-order chi connectivity index (χ0) is 16.4. The standard InChI is InChI=1S/C19H40O2/c1-8-9-10-11-12-13-14-15-16-20-21-17(18(2,3)4)19(5,6)7/h17H,8-16H2,1-7H3. The molecule has 0 aliphatic carbocycles. The summed E-state index contributed by atoms with van der Waals surface area (Å²) < 4.78 is 0. The lowest BCUT2D eigenvalue weighted by Crippen LogP contribution is -2.40. The van der Waals surface area contributed by atoms with Gasteiger partial charge in [-0.05, 0) is 17.3 Å². The van der Waals surface area contributed by atoms with E-state index in [1.165, 1.54) is 44.9 Å². The first kappa shape index (κ1) is 20.9. The van der Waals surface area contributed by atoms with Crippen LogP contribution in [0.15, 0.2) is 0 Å². The summed E-state index contributed by atoms with van der Waals surface area (Å²) >= 11 is 0. The van der Waals surface area contributed by atoms with E-state index < -0.39 is 0 Å². The Morgan fingerprint density at radius 2 is 1.10 bits per heavy atom. The molecule has 0 aliphatic rings. The Kier molecular flexibility index (Phi) is 10.6. The number of unbranched alkanes of at least 4 members (excludes halogenated alkanes) is 7. The van der Waals surface area contributed by atoms with E-state index in [0.717, 1.165) is 13.0 Å². The maximum Gasteiger partial charge on any atom is 0.103 e. The lowest BCUT2D eigenvalue weighted by molar-refractivity contribution is -0.359. The fraction of sp³-hybridized carbons (Fsp3) is 1.00. The smallest absolute Gasteiger partial charge is 0.103 e. The highest BCUT2D eigenvalue weighted by Gasteiger charge is 2.36. The molecular weight excluding hydrogens is 260 g/mol. The van der Waals surface area contributed by atoms with E-state index in [1.54, 1.807) is 0 Å². The van der Waals surface area contributed by atoms with E-state index in [4.69, 9.17) is 9.78 Å². The molecule has 0 heterocycles. The molecule has 0 atom stereocenters. The fourth-order valence-corrected chi connectivity index (χ4v) is 3.00. The van der Waals surface area contributed by atoms with Crippen molar-refractivity contribution >= 4 is 0 Å². The molecule has 0 aromatic rings. The Balaban J connectivity index is 3.65. The van der Waals surface area contributed by atoms with Gasteiger partial charge in [0.25, 0.3) is 0 Å². The van der Waals surface area contributed by atoms with Crippen LogP contribution >= 0.6 is 0 Å². The summed E-state index contributed by atoms with van der Waals surface area (Å²) in [5, 5.41) is 0. The van der Waals surface area contributed by atoms with Crippen molar-refractivity contribution in [1.29, 1.82) is 0 Å². The molecule has 0 aromatic carbocycles. The Morgan fingerprint density at radius 1 is 0.667 bits per heavy atom. The summed E-state index contributed by atoms with van der Waals surface area (Å²) in [7, 11) is 0. The zero-order valence-electron chi connectivity index (χ0n) is 15.8. The second kappa shape index (κ2) is 10.6. The molecule has 0 fully saturated rings. The van der Waals surface area contributed by atoms with Gasteiger partial charge in [0.1, 0.15) is 6.10 Å². The molecule has 21 heavy (non-hydrogen) atoms. The van der Waals surface area contributed by atoms with Crippen LogP contribution in [-0.2, 0) is 9.78 Å². The summed E-state index contributed by atoms with van der Waals surface area (Å²) in [6, 6.07) is 0. The summed E-state index contributed by atoms with van der Waals surface area (Å²) in [5.74, 6) is 0. The third-order valence-corrected chi connectivity index (χ3v) is 3.82. The average Bonchev–Trinajstić information content (AvgIpc) is 2.32. The maximum atomic E-state index is 5.73. The summed E-state index contributed by atoms with van der Waals surface area (Å²) in [4.78, 5) is 11.2. The van der Waals surface area contributed by atoms with Gasteiger partial charge in [0.15, 0.2) is 0 Å². The summed E-state index contributed by atoms with van der Waals surface area (Å²) in [5.41, 5.74) is 0.190. The van der Waals surface area contributed by atoms with Gasteiger partial charge in [0, 0.05) is 0 Å². The minimum absolute atomic E-state index is 0.0948. The number of rotatable bonds is 11. The lowest BCUT2D eigenvalue weighted by atomic mass is 9.74. The minimum atomic E-state index is 0.0948. The van der Waals surface area contributed by atoms with Crippen molar-refractivity contribution in [3.8, 4) is 0 Å². The van der Waals surface area contributed by atoms with Gasteiger partial charge in [0.2, 0.25) is 0 Å². The highest BCUT2D eigenvalue weighted by atomic mass is 17.2. The average molecular weight is 301 g/mol. The molecule has 2 nitrogen and oxygen atoms in total. The molecule has 0 rings (SSSR count). The molecule has 128 valence electrons. The third kappa shape index (κ3) is 11.2. The largest absolute Gasteiger partial charge is 0.236 e. The van der Waals surface area contributed by atoms with Crippen LogP contribution < -0.4 is 0 Å². The molecule has 0 aromatic heterocycles. The van der Waals surface area contributed by atoms with E-state index in [0.29, 0.717) is 0 Å². The van der Waals surface area contributed by atoms with Crippen LogP contribution in [0.1, 0.15) is 99.8 Å². The van der Waals surface area contributed by atoms with E-state index in [9.17, 15) is 0 Å². The fourth-order valence-electron chi connectivity index (χ4n) is 3.00. The van der Waals surface area contributed by atoms with Crippen molar-refractivity contribution in [3.63, 3.8) is 0 Å². The van der Waals surface area contributed by atoms with E-state index in [-0.39, 0.29) is 16.9 Å². The lowest BCUT2D eigenvalue weighted by Gasteiger charge is -2.38. The molecule has 2 heteroatoms. The molecule has 0 spiro atoms. The van der Waals surface area contributed by atoms with Gasteiger partial charge in [0.05, 0.1) is 6.61 Å². The first-order valence-corrected chi connectivity index (χ1v) is 8.98. The van der Waals surface area contributed by atoms with Gasteiger partial charge in [-0.3, -0.25) is 0 Å². The van der Waals surface area contributed by atoms with Crippen LogP contribution in [-0.4, -0.2) is 12.7 Å². The summed E-state index contributed by atoms with van der Waals surface area (Å²) in [6.07, 6.45) is 10.7. The topological polar surface area (TPSA) is 18.5 Å². The predicted octanol–water partition coefficient (Wildman–Crippen LogP) is 6.54. The van der Waals surface area contributed by atoms with Gasteiger partial charge in [-0.25, -0.2) is 9.78 Å². The first-order valence-electron chi connectivity index (χ1n) is 8.98. The second-order valence-electron chi connectivity index (χ2n) is 8.51. The molecule has 0 bridgehead atoms. The molecule has 0 radical (unpaired) electrons.